The van der Waals surface area contributed by atoms with Crippen LogP contribution in [0.2, 0.25) is 0 Å². The second kappa shape index (κ2) is 8.80. The zero-order valence-electron chi connectivity index (χ0n) is 18.1. The Kier molecular flexibility index (Phi) is 6.63. The first kappa shape index (κ1) is 21.1. The lowest BCUT2D eigenvalue weighted by atomic mass is 10.00. The lowest BCUT2D eigenvalue weighted by molar-refractivity contribution is 0.441. The molecule has 2 saturated heterocycles. The molecule has 156 valence electrons. The summed E-state index contributed by atoms with van der Waals surface area (Å²) in [6.07, 6.45) is 5.02. The van der Waals surface area contributed by atoms with Gasteiger partial charge in [-0.05, 0) is 70.5 Å². The molecule has 2 aliphatic heterocycles. The van der Waals surface area contributed by atoms with Crippen LogP contribution in [0.4, 0.5) is 17.6 Å². The molecule has 0 aromatic carbocycles. The number of piperidine rings is 2. The molecule has 0 amide bonds. The fourth-order valence-electron chi connectivity index (χ4n) is 4.07. The van der Waals surface area contributed by atoms with Crippen molar-refractivity contribution in [3.63, 3.8) is 0 Å². The summed E-state index contributed by atoms with van der Waals surface area (Å²) in [7, 11) is 0. The van der Waals surface area contributed by atoms with Crippen molar-refractivity contribution < 1.29 is 0 Å². The normalized spacial score (nSPS) is 23.5. The van der Waals surface area contributed by atoms with Gasteiger partial charge in [-0.2, -0.15) is 9.97 Å². The number of thiocarbonyl (C=S) groups is 1. The molecule has 0 saturated carbocycles. The van der Waals surface area contributed by atoms with E-state index in [1.54, 1.807) is 0 Å². The number of anilines is 3. The molecule has 7 heteroatoms. The van der Waals surface area contributed by atoms with Crippen LogP contribution >= 0.6 is 12.2 Å². The Morgan fingerprint density at radius 1 is 1.00 bits per heavy atom. The lowest BCUT2D eigenvalue weighted by Crippen LogP contribution is -2.43. The molecule has 0 unspecified atom stereocenters. The highest BCUT2D eigenvalue weighted by Crippen LogP contribution is 2.28. The summed E-state index contributed by atoms with van der Waals surface area (Å²) in [6, 6.07) is 2.17. The van der Waals surface area contributed by atoms with Crippen LogP contribution in [0.15, 0.2) is 6.07 Å². The average molecular weight is 405 g/mol. The summed E-state index contributed by atoms with van der Waals surface area (Å²) < 4.78 is 0. The molecule has 3 heterocycles. The van der Waals surface area contributed by atoms with Gasteiger partial charge in [-0.15, -0.1) is 0 Å². The summed E-state index contributed by atoms with van der Waals surface area (Å²) >= 11 is 5.49. The van der Waals surface area contributed by atoms with Crippen molar-refractivity contribution >= 4 is 34.9 Å². The van der Waals surface area contributed by atoms with E-state index in [0.29, 0.717) is 22.9 Å². The maximum atomic E-state index is 5.49. The SMILES string of the molecule is C[C@@H]1CCCN(c2cc(N3CCC[C@H](C)C3)nc(NC(=S)NC(C)(C)C)n2)C1. The lowest BCUT2D eigenvalue weighted by Gasteiger charge is -2.35. The summed E-state index contributed by atoms with van der Waals surface area (Å²) in [5, 5.41) is 7.08. The summed E-state index contributed by atoms with van der Waals surface area (Å²) in [6.45, 7) is 15.1. The zero-order chi connectivity index (χ0) is 20.3. The Morgan fingerprint density at radius 2 is 1.50 bits per heavy atom. The van der Waals surface area contributed by atoms with Gasteiger partial charge in [0.25, 0.3) is 0 Å². The molecule has 2 fully saturated rings. The fraction of sp³-hybridized carbons (Fsp3) is 0.762. The molecule has 2 atom stereocenters. The zero-order valence-corrected chi connectivity index (χ0v) is 18.9. The minimum absolute atomic E-state index is 0.102. The molecule has 0 radical (unpaired) electrons. The molecule has 6 nitrogen and oxygen atoms in total. The van der Waals surface area contributed by atoms with Crippen LogP contribution in [-0.2, 0) is 0 Å². The Bertz CT molecular complexity index is 646. The van der Waals surface area contributed by atoms with Crippen LogP contribution in [0.25, 0.3) is 0 Å². The summed E-state index contributed by atoms with van der Waals surface area (Å²) in [4.78, 5) is 14.5. The topological polar surface area (TPSA) is 56.3 Å². The van der Waals surface area contributed by atoms with Gasteiger partial charge in [-0.3, -0.25) is 0 Å². The Morgan fingerprint density at radius 3 is 1.93 bits per heavy atom. The molecular weight excluding hydrogens is 368 g/mol. The largest absolute Gasteiger partial charge is 0.358 e. The predicted octanol–water partition coefficient (Wildman–Crippen LogP) is 4.03. The third-order valence-corrected chi connectivity index (χ3v) is 5.58. The van der Waals surface area contributed by atoms with Gasteiger partial charge in [-0.1, -0.05) is 13.8 Å². The minimum atomic E-state index is -0.102. The summed E-state index contributed by atoms with van der Waals surface area (Å²) in [5.74, 6) is 4.00. The van der Waals surface area contributed by atoms with Crippen LogP contribution in [0.1, 0.15) is 60.3 Å². The average Bonchev–Trinajstić information content (AvgIpc) is 2.60. The van der Waals surface area contributed by atoms with Gasteiger partial charge in [0.15, 0.2) is 5.11 Å². The van der Waals surface area contributed by atoms with E-state index in [-0.39, 0.29) is 5.54 Å². The third-order valence-electron chi connectivity index (χ3n) is 5.37. The quantitative estimate of drug-likeness (QED) is 0.738. The highest BCUT2D eigenvalue weighted by atomic mass is 32.1. The number of hydrogen-bond donors (Lipinski definition) is 2. The van der Waals surface area contributed by atoms with Gasteiger partial charge < -0.3 is 20.4 Å². The highest BCUT2D eigenvalue weighted by Gasteiger charge is 2.23. The van der Waals surface area contributed by atoms with Gasteiger partial charge in [0, 0.05) is 37.8 Å². The van der Waals surface area contributed by atoms with Crippen molar-refractivity contribution in [3.05, 3.63) is 6.07 Å². The van der Waals surface area contributed by atoms with Gasteiger partial charge in [0.05, 0.1) is 0 Å². The molecule has 3 rings (SSSR count). The van der Waals surface area contributed by atoms with Crippen molar-refractivity contribution in [2.24, 2.45) is 11.8 Å². The van der Waals surface area contributed by atoms with Crippen LogP contribution in [0, 0.1) is 11.8 Å². The molecule has 0 spiro atoms. The van der Waals surface area contributed by atoms with Crippen LogP contribution < -0.4 is 20.4 Å². The van der Waals surface area contributed by atoms with E-state index < -0.39 is 0 Å². The van der Waals surface area contributed by atoms with E-state index in [1.807, 2.05) is 0 Å². The minimum Gasteiger partial charge on any atom is -0.358 e. The smallest absolute Gasteiger partial charge is 0.232 e. The van der Waals surface area contributed by atoms with Crippen LogP contribution in [0.3, 0.4) is 0 Å². The van der Waals surface area contributed by atoms with Crippen LogP contribution in [-0.4, -0.2) is 46.8 Å². The third kappa shape index (κ3) is 5.93. The Hall–Kier alpha value is -1.63. The van der Waals surface area contributed by atoms with Gasteiger partial charge in [0.1, 0.15) is 11.6 Å². The standard InChI is InChI=1S/C21H36N6S/c1-15-8-6-10-26(13-15)17-12-18(27-11-7-9-16(2)14-27)23-19(22-17)24-20(28)25-21(3,4)5/h12,15-16H,6-11,13-14H2,1-5H3,(H2,22,23,24,25,28)/t15-,16+. The van der Waals surface area contributed by atoms with Gasteiger partial charge >= 0.3 is 0 Å². The van der Waals surface area contributed by atoms with Crippen LogP contribution in [0.5, 0.6) is 0 Å². The van der Waals surface area contributed by atoms with Crippen molar-refractivity contribution in [1.29, 1.82) is 0 Å². The first-order valence-corrected chi connectivity index (χ1v) is 11.1. The van der Waals surface area contributed by atoms with E-state index in [2.05, 4.69) is 61.1 Å². The second-order valence-electron chi connectivity index (χ2n) is 9.62. The van der Waals surface area contributed by atoms with Gasteiger partial charge in [-0.25, -0.2) is 0 Å². The van der Waals surface area contributed by atoms with E-state index in [1.165, 1.54) is 25.7 Å². The highest BCUT2D eigenvalue weighted by molar-refractivity contribution is 7.80. The summed E-state index contributed by atoms with van der Waals surface area (Å²) in [5.41, 5.74) is -0.102. The van der Waals surface area contributed by atoms with Crippen molar-refractivity contribution in [3.8, 4) is 0 Å². The van der Waals surface area contributed by atoms with E-state index in [4.69, 9.17) is 22.2 Å². The first-order valence-electron chi connectivity index (χ1n) is 10.7. The molecule has 0 aliphatic carbocycles. The van der Waals surface area contributed by atoms with E-state index in [9.17, 15) is 0 Å². The maximum Gasteiger partial charge on any atom is 0.232 e. The maximum absolute atomic E-state index is 5.49. The number of nitrogens with one attached hydrogen (secondary N) is 2. The molecule has 1 aromatic heterocycles. The number of rotatable bonds is 3. The molecule has 0 bridgehead atoms. The van der Waals surface area contributed by atoms with E-state index in [0.717, 1.165) is 37.8 Å². The van der Waals surface area contributed by atoms with Crippen molar-refractivity contribution in [1.82, 2.24) is 15.3 Å². The van der Waals surface area contributed by atoms with E-state index >= 15 is 0 Å². The number of nitrogens with zero attached hydrogens (tertiary/aromatic N) is 4. The molecule has 1 aromatic rings. The predicted molar refractivity (Wildman–Crippen MR) is 122 cm³/mol. The number of hydrogen-bond acceptors (Lipinski definition) is 5. The van der Waals surface area contributed by atoms with Gasteiger partial charge in [0.2, 0.25) is 5.95 Å². The monoisotopic (exact) mass is 404 g/mol. The molecular formula is C21H36N6S. The molecule has 28 heavy (non-hydrogen) atoms. The molecule has 2 aliphatic rings. The first-order chi connectivity index (χ1) is 13.2. The van der Waals surface area contributed by atoms with Crippen molar-refractivity contribution in [2.45, 2.75) is 65.8 Å². The molecule has 2 N–H and O–H groups in total. The fourth-order valence-corrected chi connectivity index (χ4v) is 4.47. The second-order valence-corrected chi connectivity index (χ2v) is 10.0. The Labute approximate surface area is 175 Å². The number of aromatic nitrogens is 2. The van der Waals surface area contributed by atoms with Crippen molar-refractivity contribution in [2.75, 3.05) is 41.3 Å². The Balaban J connectivity index is 1.86.